The molecule has 1 rings (SSSR count). The zero-order valence-corrected chi connectivity index (χ0v) is 10.6. The summed E-state index contributed by atoms with van der Waals surface area (Å²) in [4.78, 5) is 11.7. The van der Waals surface area contributed by atoms with E-state index in [1.807, 2.05) is 25.1 Å². The summed E-state index contributed by atoms with van der Waals surface area (Å²) in [5.74, 6) is -0.277. The molecule has 0 fully saturated rings. The molecule has 0 aliphatic heterocycles. The van der Waals surface area contributed by atoms with E-state index in [9.17, 15) is 4.79 Å². The van der Waals surface area contributed by atoms with Crippen molar-refractivity contribution >= 4 is 5.97 Å². The van der Waals surface area contributed by atoms with E-state index in [2.05, 4.69) is 6.92 Å². The fraction of sp³-hybridized carbons (Fsp3) is 0.500. The average molecular weight is 236 g/mol. The molecule has 0 aromatic heterocycles. The van der Waals surface area contributed by atoms with Gasteiger partial charge in [0.1, 0.15) is 6.61 Å². The van der Waals surface area contributed by atoms with Crippen molar-refractivity contribution in [3.63, 3.8) is 0 Å². The van der Waals surface area contributed by atoms with Crippen molar-refractivity contribution in [3.8, 4) is 0 Å². The summed E-state index contributed by atoms with van der Waals surface area (Å²) in [7, 11) is 0. The van der Waals surface area contributed by atoms with Crippen LogP contribution in [0.25, 0.3) is 0 Å². The van der Waals surface area contributed by atoms with Crippen molar-refractivity contribution in [3.05, 3.63) is 35.4 Å². The Morgan fingerprint density at radius 1 is 1.18 bits per heavy atom. The molecule has 3 nitrogen and oxygen atoms in total. The average Bonchev–Trinajstić information content (AvgIpc) is 2.38. The van der Waals surface area contributed by atoms with Crippen molar-refractivity contribution in [2.75, 3.05) is 19.8 Å². The molecule has 0 amide bonds. The van der Waals surface area contributed by atoms with Gasteiger partial charge in [-0.25, -0.2) is 4.79 Å². The highest BCUT2D eigenvalue weighted by molar-refractivity contribution is 5.89. The summed E-state index contributed by atoms with van der Waals surface area (Å²) >= 11 is 0. The Morgan fingerprint density at radius 3 is 2.71 bits per heavy atom. The third kappa shape index (κ3) is 5.00. The first kappa shape index (κ1) is 13.7. The predicted octanol–water partition coefficient (Wildman–Crippen LogP) is 2.83. The molecule has 0 heterocycles. The minimum absolute atomic E-state index is 0.277. The topological polar surface area (TPSA) is 35.5 Å². The van der Waals surface area contributed by atoms with Crippen molar-refractivity contribution < 1.29 is 14.3 Å². The van der Waals surface area contributed by atoms with E-state index in [0.29, 0.717) is 25.4 Å². The zero-order chi connectivity index (χ0) is 12.5. The van der Waals surface area contributed by atoms with Crippen molar-refractivity contribution in [1.82, 2.24) is 0 Å². The number of hydrogen-bond donors (Lipinski definition) is 0. The van der Waals surface area contributed by atoms with Gasteiger partial charge in [-0.3, -0.25) is 0 Å². The molecule has 1 aromatic rings. The molecule has 0 saturated carbocycles. The quantitative estimate of drug-likeness (QED) is 0.539. The standard InChI is InChI=1S/C14H20O3/c1-3-8-16-9-10-17-14(15)13-7-5-6-12(4-2)11-13/h5-7,11H,3-4,8-10H2,1-2H3. The molecule has 0 aliphatic carbocycles. The number of esters is 1. The lowest BCUT2D eigenvalue weighted by molar-refractivity contribution is 0.0318. The molecule has 3 heteroatoms. The number of rotatable bonds is 7. The van der Waals surface area contributed by atoms with Gasteiger partial charge in [0, 0.05) is 6.61 Å². The van der Waals surface area contributed by atoms with Crippen LogP contribution in [0.1, 0.15) is 36.2 Å². The second-order valence-corrected chi connectivity index (χ2v) is 3.80. The van der Waals surface area contributed by atoms with E-state index in [4.69, 9.17) is 9.47 Å². The van der Waals surface area contributed by atoms with E-state index >= 15 is 0 Å². The Balaban J connectivity index is 2.36. The summed E-state index contributed by atoms with van der Waals surface area (Å²) in [5, 5.41) is 0. The number of benzene rings is 1. The third-order valence-electron chi connectivity index (χ3n) is 2.38. The van der Waals surface area contributed by atoms with Crippen LogP contribution in [0, 0.1) is 0 Å². The third-order valence-corrected chi connectivity index (χ3v) is 2.38. The van der Waals surface area contributed by atoms with Gasteiger partial charge in [-0.15, -0.1) is 0 Å². The molecule has 0 unspecified atom stereocenters. The van der Waals surface area contributed by atoms with Gasteiger partial charge in [-0.05, 0) is 30.5 Å². The van der Waals surface area contributed by atoms with Gasteiger partial charge in [0.05, 0.1) is 12.2 Å². The van der Waals surface area contributed by atoms with Crippen LogP contribution in [0.4, 0.5) is 0 Å². The summed E-state index contributed by atoms with van der Waals surface area (Å²) in [6.07, 6.45) is 1.90. The normalized spacial score (nSPS) is 10.2. The molecule has 0 bridgehead atoms. The van der Waals surface area contributed by atoms with Crippen molar-refractivity contribution in [2.24, 2.45) is 0 Å². The van der Waals surface area contributed by atoms with Gasteiger partial charge in [0.15, 0.2) is 0 Å². The second-order valence-electron chi connectivity index (χ2n) is 3.80. The summed E-state index contributed by atoms with van der Waals surface area (Å²) in [6, 6.07) is 7.52. The van der Waals surface area contributed by atoms with Gasteiger partial charge in [0.25, 0.3) is 0 Å². The van der Waals surface area contributed by atoms with Gasteiger partial charge in [-0.1, -0.05) is 26.0 Å². The molecular weight excluding hydrogens is 216 g/mol. The Morgan fingerprint density at radius 2 is 2.00 bits per heavy atom. The molecule has 0 radical (unpaired) electrons. The Bertz CT molecular complexity index is 347. The van der Waals surface area contributed by atoms with Crippen LogP contribution in [0.15, 0.2) is 24.3 Å². The molecule has 0 atom stereocenters. The maximum Gasteiger partial charge on any atom is 0.338 e. The number of hydrogen-bond acceptors (Lipinski definition) is 3. The van der Waals surface area contributed by atoms with Gasteiger partial charge < -0.3 is 9.47 Å². The SMILES string of the molecule is CCCOCCOC(=O)c1cccc(CC)c1. The molecule has 1 aromatic carbocycles. The van der Waals surface area contributed by atoms with Gasteiger partial charge in [0.2, 0.25) is 0 Å². The lowest BCUT2D eigenvalue weighted by Crippen LogP contribution is -2.11. The van der Waals surface area contributed by atoms with E-state index < -0.39 is 0 Å². The van der Waals surface area contributed by atoms with Crippen molar-refractivity contribution in [2.45, 2.75) is 26.7 Å². The zero-order valence-electron chi connectivity index (χ0n) is 10.6. The van der Waals surface area contributed by atoms with Crippen LogP contribution < -0.4 is 0 Å². The Labute approximate surface area is 103 Å². The highest BCUT2D eigenvalue weighted by atomic mass is 16.6. The number of carbonyl (C=O) groups is 1. The lowest BCUT2D eigenvalue weighted by atomic mass is 10.1. The van der Waals surface area contributed by atoms with E-state index in [1.165, 1.54) is 0 Å². The molecule has 17 heavy (non-hydrogen) atoms. The highest BCUT2D eigenvalue weighted by Crippen LogP contribution is 2.07. The monoisotopic (exact) mass is 236 g/mol. The minimum atomic E-state index is -0.277. The summed E-state index contributed by atoms with van der Waals surface area (Å²) in [6.45, 7) is 5.59. The van der Waals surface area contributed by atoms with Crippen LogP contribution >= 0.6 is 0 Å². The maximum atomic E-state index is 11.7. The van der Waals surface area contributed by atoms with Crippen LogP contribution in [0.3, 0.4) is 0 Å². The molecule has 0 N–H and O–H groups in total. The first-order chi connectivity index (χ1) is 8.27. The van der Waals surface area contributed by atoms with E-state index in [-0.39, 0.29) is 5.97 Å². The summed E-state index contributed by atoms with van der Waals surface area (Å²) < 4.78 is 10.3. The fourth-order valence-electron chi connectivity index (χ4n) is 1.44. The summed E-state index contributed by atoms with van der Waals surface area (Å²) in [5.41, 5.74) is 1.75. The molecule has 0 aliphatic rings. The molecular formula is C14H20O3. The Hall–Kier alpha value is -1.35. The minimum Gasteiger partial charge on any atom is -0.460 e. The molecule has 94 valence electrons. The highest BCUT2D eigenvalue weighted by Gasteiger charge is 2.06. The lowest BCUT2D eigenvalue weighted by Gasteiger charge is -2.06. The number of carbonyl (C=O) groups excluding carboxylic acids is 1. The van der Waals surface area contributed by atoms with E-state index in [1.54, 1.807) is 6.07 Å². The first-order valence-electron chi connectivity index (χ1n) is 6.11. The maximum absolute atomic E-state index is 11.7. The largest absolute Gasteiger partial charge is 0.460 e. The van der Waals surface area contributed by atoms with Gasteiger partial charge >= 0.3 is 5.97 Å². The molecule has 0 spiro atoms. The smallest absolute Gasteiger partial charge is 0.338 e. The van der Waals surface area contributed by atoms with Gasteiger partial charge in [-0.2, -0.15) is 0 Å². The second kappa shape index (κ2) is 7.85. The fourth-order valence-corrected chi connectivity index (χ4v) is 1.44. The van der Waals surface area contributed by atoms with Crippen molar-refractivity contribution in [1.29, 1.82) is 0 Å². The van der Waals surface area contributed by atoms with Crippen LogP contribution in [0.2, 0.25) is 0 Å². The number of aryl methyl sites for hydroxylation is 1. The Kier molecular flexibility index (Phi) is 6.33. The van der Waals surface area contributed by atoms with Crippen LogP contribution in [-0.2, 0) is 15.9 Å². The first-order valence-corrected chi connectivity index (χ1v) is 6.11. The van der Waals surface area contributed by atoms with Crippen LogP contribution in [-0.4, -0.2) is 25.8 Å². The molecule has 0 saturated heterocycles. The predicted molar refractivity (Wildman–Crippen MR) is 67.2 cm³/mol. The number of ether oxygens (including phenoxy) is 2. The van der Waals surface area contributed by atoms with Crippen LogP contribution in [0.5, 0.6) is 0 Å². The van der Waals surface area contributed by atoms with E-state index in [0.717, 1.165) is 18.4 Å².